The molecule has 0 aliphatic carbocycles. The van der Waals surface area contributed by atoms with Gasteiger partial charge in [0.15, 0.2) is 0 Å². The zero-order valence-electron chi connectivity index (χ0n) is 7.48. The highest BCUT2D eigenvalue weighted by molar-refractivity contribution is 5.76. The van der Waals surface area contributed by atoms with E-state index >= 15 is 0 Å². The van der Waals surface area contributed by atoms with Gasteiger partial charge in [-0.2, -0.15) is 0 Å². The molecule has 2 N–H and O–H groups in total. The average molecular weight is 154 g/mol. The summed E-state index contributed by atoms with van der Waals surface area (Å²) >= 11 is 0. The summed E-state index contributed by atoms with van der Waals surface area (Å²) in [4.78, 5) is 0. The molecule has 0 aromatic rings. The molecule has 0 aromatic heterocycles. The van der Waals surface area contributed by atoms with Gasteiger partial charge in [0.2, 0.25) is 0 Å². The first-order valence-corrected chi connectivity index (χ1v) is 4.25. The van der Waals surface area contributed by atoms with Gasteiger partial charge in [-0.1, -0.05) is 26.3 Å². The fraction of sp³-hybridized carbons (Fsp3) is 0.667. The van der Waals surface area contributed by atoms with Gasteiger partial charge in [0.05, 0.1) is 0 Å². The molecule has 0 heterocycles. The fourth-order valence-corrected chi connectivity index (χ4v) is 0.781. The van der Waals surface area contributed by atoms with E-state index in [0.717, 1.165) is 31.5 Å². The van der Waals surface area contributed by atoms with Gasteiger partial charge >= 0.3 is 0 Å². The largest absolute Gasteiger partial charge is 0.313 e. The number of hydrogen-bond donors (Lipinski definition) is 2. The van der Waals surface area contributed by atoms with Crippen LogP contribution in [0.25, 0.3) is 0 Å². The fourth-order valence-electron chi connectivity index (χ4n) is 0.781. The Bertz CT molecular complexity index is 128. The third kappa shape index (κ3) is 5.80. The van der Waals surface area contributed by atoms with E-state index in [1.165, 1.54) is 6.21 Å². The quantitative estimate of drug-likeness (QED) is 0.564. The van der Waals surface area contributed by atoms with Crippen LogP contribution in [-0.2, 0) is 0 Å². The Morgan fingerprint density at radius 3 is 2.64 bits per heavy atom. The van der Waals surface area contributed by atoms with Crippen LogP contribution >= 0.6 is 0 Å². The highest BCUT2D eigenvalue weighted by atomic mass is 14.8. The lowest BCUT2D eigenvalue weighted by atomic mass is 10.2. The summed E-state index contributed by atoms with van der Waals surface area (Å²) in [6, 6.07) is 0. The van der Waals surface area contributed by atoms with Gasteiger partial charge in [-0.25, -0.2) is 0 Å². The zero-order chi connectivity index (χ0) is 8.53. The molecule has 0 bridgehead atoms. The smallest absolute Gasteiger partial charge is 0.0219 e. The van der Waals surface area contributed by atoms with Crippen molar-refractivity contribution < 1.29 is 0 Å². The number of likely N-dealkylation sites (N-methyl/N-ethyl adjacent to an activating group) is 1. The van der Waals surface area contributed by atoms with Gasteiger partial charge in [-0.3, -0.25) is 0 Å². The van der Waals surface area contributed by atoms with Crippen molar-refractivity contribution in [3.05, 3.63) is 11.6 Å². The van der Waals surface area contributed by atoms with Crippen LogP contribution in [0.4, 0.5) is 0 Å². The lowest BCUT2D eigenvalue weighted by Gasteiger charge is -2.00. The monoisotopic (exact) mass is 154 g/mol. The van der Waals surface area contributed by atoms with Crippen molar-refractivity contribution in [1.82, 2.24) is 5.32 Å². The standard InChI is InChI=1S/C9H18N2/c1-3-5-6-9(7-10)8-11-4-2/h6-7,10-11H,3-5,8H2,1-2H3/b9-6+,10-7?. The van der Waals surface area contributed by atoms with Crippen molar-refractivity contribution in [3.63, 3.8) is 0 Å². The highest BCUT2D eigenvalue weighted by Crippen LogP contribution is 1.94. The molecule has 0 rings (SSSR count). The molecule has 0 aromatic carbocycles. The van der Waals surface area contributed by atoms with E-state index in [2.05, 4.69) is 25.2 Å². The topological polar surface area (TPSA) is 35.9 Å². The summed E-state index contributed by atoms with van der Waals surface area (Å²) in [6.07, 6.45) is 5.79. The first kappa shape index (κ1) is 10.4. The summed E-state index contributed by atoms with van der Waals surface area (Å²) in [7, 11) is 0. The number of hydrogen-bond acceptors (Lipinski definition) is 2. The first-order chi connectivity index (χ1) is 5.35. The third-order valence-corrected chi connectivity index (χ3v) is 1.46. The molecule has 2 heteroatoms. The summed E-state index contributed by atoms with van der Waals surface area (Å²) in [5.74, 6) is 0. The molecule has 64 valence electrons. The van der Waals surface area contributed by atoms with Gasteiger partial charge in [-0.05, 0) is 18.5 Å². The second-order valence-electron chi connectivity index (χ2n) is 2.49. The summed E-state index contributed by atoms with van der Waals surface area (Å²) in [6.45, 7) is 6.02. The first-order valence-electron chi connectivity index (χ1n) is 4.25. The normalized spacial score (nSPS) is 11.6. The second kappa shape index (κ2) is 7.48. The van der Waals surface area contributed by atoms with E-state index in [4.69, 9.17) is 5.41 Å². The van der Waals surface area contributed by atoms with Crippen LogP contribution in [0.1, 0.15) is 26.7 Å². The Labute approximate surface area is 69.2 Å². The van der Waals surface area contributed by atoms with Crippen molar-refractivity contribution in [2.24, 2.45) is 0 Å². The van der Waals surface area contributed by atoms with Crippen LogP contribution in [0.5, 0.6) is 0 Å². The van der Waals surface area contributed by atoms with Crippen molar-refractivity contribution in [2.75, 3.05) is 13.1 Å². The molecule has 0 fully saturated rings. The van der Waals surface area contributed by atoms with Crippen molar-refractivity contribution in [1.29, 1.82) is 5.41 Å². The molecule has 2 nitrogen and oxygen atoms in total. The van der Waals surface area contributed by atoms with E-state index in [1.54, 1.807) is 0 Å². The van der Waals surface area contributed by atoms with E-state index in [1.807, 2.05) is 0 Å². The molecule has 0 saturated heterocycles. The molecule has 11 heavy (non-hydrogen) atoms. The van der Waals surface area contributed by atoms with Crippen LogP contribution in [-0.4, -0.2) is 19.3 Å². The van der Waals surface area contributed by atoms with Crippen molar-refractivity contribution in [3.8, 4) is 0 Å². The van der Waals surface area contributed by atoms with Crippen LogP contribution < -0.4 is 5.32 Å². The average Bonchev–Trinajstić information content (AvgIpc) is 2.05. The molecular formula is C9H18N2. The van der Waals surface area contributed by atoms with Gasteiger partial charge < -0.3 is 10.7 Å². The molecular weight excluding hydrogens is 136 g/mol. The molecule has 0 spiro atoms. The minimum atomic E-state index is 0.833. The summed E-state index contributed by atoms with van der Waals surface area (Å²) in [5.41, 5.74) is 1.09. The van der Waals surface area contributed by atoms with E-state index in [9.17, 15) is 0 Å². The van der Waals surface area contributed by atoms with Gasteiger partial charge in [0.25, 0.3) is 0 Å². The Kier molecular flexibility index (Phi) is 7.05. The molecule has 0 aliphatic rings. The van der Waals surface area contributed by atoms with Crippen molar-refractivity contribution >= 4 is 6.21 Å². The minimum Gasteiger partial charge on any atom is -0.313 e. The summed E-state index contributed by atoms with van der Waals surface area (Å²) < 4.78 is 0. The van der Waals surface area contributed by atoms with Crippen molar-refractivity contribution in [2.45, 2.75) is 26.7 Å². The lowest BCUT2D eigenvalue weighted by Crippen LogP contribution is -2.16. The highest BCUT2D eigenvalue weighted by Gasteiger charge is 1.89. The van der Waals surface area contributed by atoms with E-state index < -0.39 is 0 Å². The molecule has 0 radical (unpaired) electrons. The minimum absolute atomic E-state index is 0.833. The van der Waals surface area contributed by atoms with Crippen LogP contribution in [0.2, 0.25) is 0 Å². The van der Waals surface area contributed by atoms with Gasteiger partial charge in [0, 0.05) is 12.8 Å². The number of rotatable bonds is 6. The number of nitrogens with one attached hydrogen (secondary N) is 2. The second-order valence-corrected chi connectivity index (χ2v) is 2.49. The van der Waals surface area contributed by atoms with Crippen LogP contribution in [0.15, 0.2) is 11.6 Å². The lowest BCUT2D eigenvalue weighted by molar-refractivity contribution is 0.786. The SMILES string of the molecule is CCC/C=C(\C=N)CNCC. The molecule has 0 aliphatic heterocycles. The van der Waals surface area contributed by atoms with Gasteiger partial charge in [0.1, 0.15) is 0 Å². The Morgan fingerprint density at radius 2 is 2.18 bits per heavy atom. The Morgan fingerprint density at radius 1 is 1.45 bits per heavy atom. The zero-order valence-corrected chi connectivity index (χ0v) is 7.48. The number of allylic oxidation sites excluding steroid dienone is 1. The molecule has 0 atom stereocenters. The molecule has 0 amide bonds. The molecule has 0 saturated carbocycles. The predicted molar refractivity (Wildman–Crippen MR) is 50.3 cm³/mol. The predicted octanol–water partition coefficient (Wildman–Crippen LogP) is 1.97. The third-order valence-electron chi connectivity index (χ3n) is 1.46. The maximum Gasteiger partial charge on any atom is 0.0219 e. The van der Waals surface area contributed by atoms with Crippen LogP contribution in [0.3, 0.4) is 0 Å². The Hall–Kier alpha value is -0.630. The molecule has 0 unspecified atom stereocenters. The maximum absolute atomic E-state index is 7.08. The van der Waals surface area contributed by atoms with Gasteiger partial charge in [-0.15, -0.1) is 0 Å². The Balaban J connectivity index is 3.64. The maximum atomic E-state index is 7.08. The van der Waals surface area contributed by atoms with E-state index in [-0.39, 0.29) is 0 Å². The number of unbranched alkanes of at least 4 members (excludes halogenated alkanes) is 1. The summed E-state index contributed by atoms with van der Waals surface area (Å²) in [5, 5.41) is 10.3. The van der Waals surface area contributed by atoms with Crippen LogP contribution in [0, 0.1) is 5.41 Å². The van der Waals surface area contributed by atoms with E-state index in [0.29, 0.717) is 0 Å².